The van der Waals surface area contributed by atoms with Gasteiger partial charge in [0, 0.05) is 18.9 Å². The number of carbonyl (C=O) groups is 1. The van der Waals surface area contributed by atoms with Gasteiger partial charge in [-0.3, -0.25) is 4.79 Å². The zero-order chi connectivity index (χ0) is 17.3. The van der Waals surface area contributed by atoms with Crippen LogP contribution in [0.3, 0.4) is 0 Å². The van der Waals surface area contributed by atoms with E-state index in [0.29, 0.717) is 11.3 Å². The SMILES string of the molecule is COc1c(C(=O)N(C)[C@@H]2OC[C@H](O)C[C@H]2O)ccc2ccccc12. The summed E-state index contributed by atoms with van der Waals surface area (Å²) < 4.78 is 10.9. The van der Waals surface area contributed by atoms with Gasteiger partial charge in [0.15, 0.2) is 6.23 Å². The number of carbonyl (C=O) groups excluding carboxylic acids is 1. The normalized spacial score (nSPS) is 23.9. The molecule has 3 rings (SSSR count). The first-order chi connectivity index (χ1) is 11.5. The third-order valence-corrected chi connectivity index (χ3v) is 4.32. The lowest BCUT2D eigenvalue weighted by Gasteiger charge is -2.37. The van der Waals surface area contributed by atoms with Crippen molar-refractivity contribution in [3.05, 3.63) is 42.0 Å². The van der Waals surface area contributed by atoms with Crippen molar-refractivity contribution in [3.8, 4) is 5.75 Å². The summed E-state index contributed by atoms with van der Waals surface area (Å²) in [7, 11) is 3.10. The van der Waals surface area contributed by atoms with Crippen LogP contribution in [0.4, 0.5) is 0 Å². The molecule has 128 valence electrons. The number of amides is 1. The van der Waals surface area contributed by atoms with E-state index in [1.165, 1.54) is 12.0 Å². The molecule has 24 heavy (non-hydrogen) atoms. The molecule has 1 aliphatic rings. The van der Waals surface area contributed by atoms with Crippen LogP contribution >= 0.6 is 0 Å². The Balaban J connectivity index is 1.93. The molecule has 6 nitrogen and oxygen atoms in total. The molecule has 1 fully saturated rings. The van der Waals surface area contributed by atoms with Gasteiger partial charge in [-0.25, -0.2) is 0 Å². The number of nitrogens with zero attached hydrogens (tertiary/aromatic N) is 1. The molecule has 1 heterocycles. The van der Waals surface area contributed by atoms with Gasteiger partial charge in [0.25, 0.3) is 5.91 Å². The van der Waals surface area contributed by atoms with Crippen LogP contribution in [0.2, 0.25) is 0 Å². The van der Waals surface area contributed by atoms with Crippen molar-refractivity contribution in [1.82, 2.24) is 4.90 Å². The number of ether oxygens (including phenoxy) is 2. The molecule has 0 aliphatic carbocycles. The van der Waals surface area contributed by atoms with E-state index in [-0.39, 0.29) is 18.9 Å². The Morgan fingerprint density at radius 2 is 2.00 bits per heavy atom. The van der Waals surface area contributed by atoms with Gasteiger partial charge in [0.2, 0.25) is 0 Å². The molecule has 2 N–H and O–H groups in total. The largest absolute Gasteiger partial charge is 0.495 e. The first-order valence-corrected chi connectivity index (χ1v) is 7.83. The summed E-state index contributed by atoms with van der Waals surface area (Å²) >= 11 is 0. The monoisotopic (exact) mass is 331 g/mol. The van der Waals surface area contributed by atoms with Crippen molar-refractivity contribution >= 4 is 16.7 Å². The number of rotatable bonds is 3. The Morgan fingerprint density at radius 1 is 1.25 bits per heavy atom. The molecule has 2 aromatic rings. The number of hydrogen-bond acceptors (Lipinski definition) is 5. The number of hydrogen-bond donors (Lipinski definition) is 2. The van der Waals surface area contributed by atoms with Gasteiger partial charge in [-0.2, -0.15) is 0 Å². The first kappa shape index (κ1) is 16.7. The third kappa shape index (κ3) is 2.96. The minimum atomic E-state index is -0.936. The summed E-state index contributed by atoms with van der Waals surface area (Å²) in [5.74, 6) is 0.188. The minimum Gasteiger partial charge on any atom is -0.495 e. The third-order valence-electron chi connectivity index (χ3n) is 4.32. The second-order valence-corrected chi connectivity index (χ2v) is 5.96. The standard InChI is InChI=1S/C18H21NO5/c1-19(18-15(21)9-12(20)10-24-18)17(22)14-8-7-11-5-3-4-6-13(11)16(14)23-2/h3-8,12,15,18,20-21H,9-10H2,1-2H3/t12-,15-,18-/m1/s1. The van der Waals surface area contributed by atoms with Crippen LogP contribution in [0, 0.1) is 0 Å². The van der Waals surface area contributed by atoms with E-state index in [9.17, 15) is 15.0 Å². The van der Waals surface area contributed by atoms with Crippen molar-refractivity contribution in [2.75, 3.05) is 20.8 Å². The highest BCUT2D eigenvalue weighted by Crippen LogP contribution is 2.31. The predicted molar refractivity (Wildman–Crippen MR) is 89.0 cm³/mol. The van der Waals surface area contributed by atoms with E-state index < -0.39 is 18.4 Å². The van der Waals surface area contributed by atoms with Crippen molar-refractivity contribution in [2.24, 2.45) is 0 Å². The highest BCUT2D eigenvalue weighted by Gasteiger charge is 2.35. The Labute approximate surface area is 140 Å². The van der Waals surface area contributed by atoms with Crippen LogP contribution in [0.25, 0.3) is 10.8 Å². The van der Waals surface area contributed by atoms with Crippen molar-refractivity contribution in [3.63, 3.8) is 0 Å². The first-order valence-electron chi connectivity index (χ1n) is 7.83. The fraction of sp³-hybridized carbons (Fsp3) is 0.389. The van der Waals surface area contributed by atoms with Crippen LogP contribution < -0.4 is 4.74 Å². The van der Waals surface area contributed by atoms with E-state index in [4.69, 9.17) is 9.47 Å². The topological polar surface area (TPSA) is 79.2 Å². The molecule has 1 amide bonds. The molecular weight excluding hydrogens is 310 g/mol. The van der Waals surface area contributed by atoms with Crippen LogP contribution in [0.15, 0.2) is 36.4 Å². The highest BCUT2D eigenvalue weighted by atomic mass is 16.5. The summed E-state index contributed by atoms with van der Waals surface area (Å²) in [6, 6.07) is 11.2. The second-order valence-electron chi connectivity index (χ2n) is 5.96. The minimum absolute atomic E-state index is 0.0915. The Morgan fingerprint density at radius 3 is 2.71 bits per heavy atom. The molecule has 0 spiro atoms. The summed E-state index contributed by atoms with van der Waals surface area (Å²) in [6.07, 6.45) is -2.27. The highest BCUT2D eigenvalue weighted by molar-refractivity contribution is 6.03. The van der Waals surface area contributed by atoms with Gasteiger partial charge >= 0.3 is 0 Å². The zero-order valence-corrected chi connectivity index (χ0v) is 13.7. The van der Waals surface area contributed by atoms with E-state index in [0.717, 1.165) is 10.8 Å². The maximum atomic E-state index is 12.9. The molecule has 0 aromatic heterocycles. The molecule has 2 aromatic carbocycles. The van der Waals surface area contributed by atoms with E-state index >= 15 is 0 Å². The van der Waals surface area contributed by atoms with Crippen molar-refractivity contribution in [2.45, 2.75) is 24.9 Å². The number of fused-ring (bicyclic) bond motifs is 1. The molecule has 6 heteroatoms. The smallest absolute Gasteiger partial charge is 0.259 e. The molecule has 0 unspecified atom stereocenters. The number of methoxy groups -OCH3 is 1. The fourth-order valence-electron chi connectivity index (χ4n) is 3.09. The van der Waals surface area contributed by atoms with Gasteiger partial charge in [-0.05, 0) is 11.5 Å². The maximum Gasteiger partial charge on any atom is 0.259 e. The lowest BCUT2D eigenvalue weighted by Crippen LogP contribution is -2.51. The molecule has 3 atom stereocenters. The molecule has 1 aliphatic heterocycles. The summed E-state index contributed by atoms with van der Waals surface area (Å²) in [6.45, 7) is 0.0915. The lowest BCUT2D eigenvalue weighted by atomic mass is 10.0. The second kappa shape index (κ2) is 6.76. The predicted octanol–water partition coefficient (Wildman–Crippen LogP) is 1.39. The van der Waals surface area contributed by atoms with Crippen LogP contribution in [-0.4, -0.2) is 60.2 Å². The molecule has 1 saturated heterocycles. The van der Waals surface area contributed by atoms with Crippen LogP contribution in [0.1, 0.15) is 16.8 Å². The quantitative estimate of drug-likeness (QED) is 0.888. The Bertz CT molecular complexity index is 747. The molecular formula is C18H21NO5. The van der Waals surface area contributed by atoms with Gasteiger partial charge in [-0.1, -0.05) is 30.3 Å². The van der Waals surface area contributed by atoms with Crippen molar-refractivity contribution in [1.29, 1.82) is 0 Å². The number of likely N-dealkylation sites (N-methyl/N-ethyl adjacent to an activating group) is 1. The molecule has 0 saturated carbocycles. The fourth-order valence-corrected chi connectivity index (χ4v) is 3.09. The van der Waals surface area contributed by atoms with E-state index in [2.05, 4.69) is 0 Å². The summed E-state index contributed by atoms with van der Waals surface area (Å²) in [5, 5.41) is 21.4. The molecule has 0 radical (unpaired) electrons. The van der Waals surface area contributed by atoms with Crippen LogP contribution in [-0.2, 0) is 4.74 Å². The van der Waals surface area contributed by atoms with E-state index in [1.54, 1.807) is 13.1 Å². The van der Waals surface area contributed by atoms with E-state index in [1.807, 2.05) is 30.3 Å². The van der Waals surface area contributed by atoms with Gasteiger partial charge in [0.1, 0.15) is 11.9 Å². The average molecular weight is 331 g/mol. The van der Waals surface area contributed by atoms with Gasteiger partial charge in [-0.15, -0.1) is 0 Å². The maximum absolute atomic E-state index is 12.9. The average Bonchev–Trinajstić information content (AvgIpc) is 2.59. The number of aliphatic hydroxyl groups excluding tert-OH is 2. The number of aliphatic hydroxyl groups is 2. The Kier molecular flexibility index (Phi) is 4.71. The summed E-state index contributed by atoms with van der Waals surface area (Å²) in [5.41, 5.74) is 0.403. The lowest BCUT2D eigenvalue weighted by molar-refractivity contribution is -0.165. The zero-order valence-electron chi connectivity index (χ0n) is 13.7. The number of benzene rings is 2. The van der Waals surface area contributed by atoms with Gasteiger partial charge < -0.3 is 24.6 Å². The van der Waals surface area contributed by atoms with Crippen molar-refractivity contribution < 1.29 is 24.5 Å². The van der Waals surface area contributed by atoms with Crippen LogP contribution in [0.5, 0.6) is 5.75 Å². The Hall–Kier alpha value is -2.15. The molecule has 0 bridgehead atoms. The summed E-state index contributed by atoms with van der Waals surface area (Å²) in [4.78, 5) is 14.2. The van der Waals surface area contributed by atoms with Gasteiger partial charge in [0.05, 0.1) is 25.4 Å².